The van der Waals surface area contributed by atoms with Crippen LogP contribution in [0.2, 0.25) is 0 Å². The van der Waals surface area contributed by atoms with Crippen molar-refractivity contribution >= 4 is 21.5 Å². The summed E-state index contributed by atoms with van der Waals surface area (Å²) in [6.45, 7) is 4.75. The molecule has 1 aromatic heterocycles. The first kappa shape index (κ1) is 20.0. The van der Waals surface area contributed by atoms with Crippen molar-refractivity contribution in [2.75, 3.05) is 31.2 Å². The lowest BCUT2D eigenvalue weighted by molar-refractivity contribution is -0.152. The summed E-state index contributed by atoms with van der Waals surface area (Å²) in [6.07, 6.45) is 4.57. The molecule has 2 aliphatic heterocycles. The number of carbonyl (C=O) groups excluding carboxylic acids is 2. The Morgan fingerprint density at radius 2 is 2.11 bits per heavy atom. The summed E-state index contributed by atoms with van der Waals surface area (Å²) in [7, 11) is -2.47. The molecule has 3 heterocycles. The quantitative estimate of drug-likeness (QED) is 0.766. The van der Waals surface area contributed by atoms with Gasteiger partial charge in [-0.3, -0.25) is 9.59 Å². The zero-order valence-electron chi connectivity index (χ0n) is 15.9. The van der Waals surface area contributed by atoms with Gasteiger partial charge in [-0.1, -0.05) is 0 Å². The van der Waals surface area contributed by atoms with Crippen molar-refractivity contribution in [2.45, 2.75) is 51.6 Å². The summed E-state index contributed by atoms with van der Waals surface area (Å²) in [6, 6.07) is 0. The van der Waals surface area contributed by atoms with Gasteiger partial charge in [0, 0.05) is 44.4 Å². The molecule has 0 unspecified atom stereocenters. The van der Waals surface area contributed by atoms with Gasteiger partial charge in [0.25, 0.3) is 5.91 Å². The lowest BCUT2D eigenvalue weighted by Crippen LogP contribution is -2.56. The number of ether oxygens (including phenoxy) is 1. The highest BCUT2D eigenvalue weighted by Gasteiger charge is 2.42. The summed E-state index contributed by atoms with van der Waals surface area (Å²) in [4.78, 5) is 29.8. The summed E-state index contributed by atoms with van der Waals surface area (Å²) >= 11 is 0. The van der Waals surface area contributed by atoms with Crippen LogP contribution in [0, 0.1) is 6.92 Å². The molecule has 0 aliphatic carbocycles. The Bertz CT molecular complexity index is 811. The Morgan fingerprint density at radius 3 is 2.74 bits per heavy atom. The third-order valence-corrected chi connectivity index (χ3v) is 7.37. The van der Waals surface area contributed by atoms with Gasteiger partial charge in [0.2, 0.25) is 5.91 Å². The van der Waals surface area contributed by atoms with E-state index in [1.54, 1.807) is 6.20 Å². The zero-order valence-corrected chi connectivity index (χ0v) is 16.8. The van der Waals surface area contributed by atoms with Crippen LogP contribution in [0.1, 0.15) is 44.3 Å². The maximum absolute atomic E-state index is 12.6. The van der Waals surface area contributed by atoms with Crippen LogP contribution in [0.3, 0.4) is 0 Å². The molecule has 1 spiro atoms. The Balaban J connectivity index is 1.52. The minimum absolute atomic E-state index is 0.0979. The van der Waals surface area contributed by atoms with Crippen LogP contribution in [0.5, 0.6) is 0 Å². The first-order valence-corrected chi connectivity index (χ1v) is 11.2. The van der Waals surface area contributed by atoms with Crippen molar-refractivity contribution in [1.82, 2.24) is 9.88 Å². The van der Waals surface area contributed by atoms with Gasteiger partial charge in [0.05, 0.1) is 28.1 Å². The van der Waals surface area contributed by atoms with Gasteiger partial charge in [-0.25, -0.2) is 9.19 Å². The number of hydrogen-bond donors (Lipinski definition) is 0. The summed E-state index contributed by atoms with van der Waals surface area (Å²) in [5, 5.41) is 0. The van der Waals surface area contributed by atoms with Gasteiger partial charge >= 0.3 is 0 Å². The third-order valence-electron chi connectivity index (χ3n) is 5.10. The molecule has 3 rings (SSSR count). The van der Waals surface area contributed by atoms with Crippen molar-refractivity contribution in [3.63, 3.8) is 0 Å². The molecular formula is C18H27N3O5S. The Morgan fingerprint density at radius 1 is 1.37 bits per heavy atom. The highest BCUT2D eigenvalue weighted by atomic mass is 32.2. The topological polar surface area (TPSA) is 102 Å². The number of oxazole rings is 1. The van der Waals surface area contributed by atoms with E-state index in [9.17, 15) is 13.8 Å². The number of nitrogens with zero attached hydrogens (tertiary/aromatic N) is 3. The van der Waals surface area contributed by atoms with E-state index >= 15 is 0 Å². The summed E-state index contributed by atoms with van der Waals surface area (Å²) in [5.41, 5.74) is -0.458. The molecule has 2 aliphatic rings. The van der Waals surface area contributed by atoms with Crippen LogP contribution in [0.15, 0.2) is 15.0 Å². The summed E-state index contributed by atoms with van der Waals surface area (Å²) < 4.78 is 27.8. The first-order chi connectivity index (χ1) is 12.8. The Hall–Kier alpha value is -1.74. The molecule has 27 heavy (non-hydrogen) atoms. The maximum Gasteiger partial charge on any atom is 0.250 e. The van der Waals surface area contributed by atoms with E-state index in [0.717, 1.165) is 5.76 Å². The standard InChI is InChI=1S/C18H27N3O5S/c1-14-12-19-16(26-14)4-3-5-17(23)21-8-9-25-18(13-21)6-10-27(24,11-7-18)20-15(2)22/h12H,3-11,13H2,1-2H3. The number of rotatable bonds is 4. The molecule has 0 aromatic carbocycles. The number of aryl methyl sites for hydroxylation is 2. The van der Waals surface area contributed by atoms with E-state index in [1.165, 1.54) is 6.92 Å². The average Bonchev–Trinajstić information content (AvgIpc) is 3.03. The highest BCUT2D eigenvalue weighted by molar-refractivity contribution is 7.93. The molecule has 0 N–H and O–H groups in total. The van der Waals surface area contributed by atoms with Gasteiger partial charge in [-0.05, 0) is 26.2 Å². The van der Waals surface area contributed by atoms with Crippen molar-refractivity contribution < 1.29 is 23.0 Å². The van der Waals surface area contributed by atoms with E-state index in [2.05, 4.69) is 9.35 Å². The Kier molecular flexibility index (Phi) is 6.00. The van der Waals surface area contributed by atoms with Crippen LogP contribution >= 0.6 is 0 Å². The minimum atomic E-state index is -2.47. The number of hydrogen-bond acceptors (Lipinski definition) is 6. The molecule has 1 aromatic rings. The van der Waals surface area contributed by atoms with E-state index in [-0.39, 0.29) is 5.91 Å². The maximum atomic E-state index is 12.6. The number of carbonyl (C=O) groups is 2. The fraction of sp³-hybridized carbons (Fsp3) is 0.722. The predicted molar refractivity (Wildman–Crippen MR) is 99.7 cm³/mol. The van der Waals surface area contributed by atoms with Crippen LogP contribution in [-0.2, 0) is 30.5 Å². The normalized spacial score (nSPS) is 28.3. The van der Waals surface area contributed by atoms with Gasteiger partial charge in [-0.2, -0.15) is 4.36 Å². The van der Waals surface area contributed by atoms with Crippen LogP contribution < -0.4 is 0 Å². The average molecular weight is 397 g/mol. The second-order valence-corrected chi connectivity index (χ2v) is 9.90. The third kappa shape index (κ3) is 5.16. The molecule has 0 bridgehead atoms. The first-order valence-electron chi connectivity index (χ1n) is 9.35. The van der Waals surface area contributed by atoms with Gasteiger partial charge in [-0.15, -0.1) is 0 Å². The molecular weight excluding hydrogens is 370 g/mol. The SMILES string of the molecule is CC(=O)N=S1(=O)CCC2(CC1)CN(C(=O)CCCc1ncc(C)o1)CCO2. The molecule has 2 fully saturated rings. The summed E-state index contributed by atoms with van der Waals surface area (Å²) in [5.74, 6) is 1.84. The molecule has 0 saturated carbocycles. The van der Waals surface area contributed by atoms with Crippen molar-refractivity contribution in [3.05, 3.63) is 17.8 Å². The highest BCUT2D eigenvalue weighted by Crippen LogP contribution is 2.32. The fourth-order valence-corrected chi connectivity index (χ4v) is 5.91. The second-order valence-electron chi connectivity index (χ2n) is 7.36. The Labute approximate surface area is 159 Å². The monoisotopic (exact) mass is 397 g/mol. The van der Waals surface area contributed by atoms with Crippen LogP contribution in [0.25, 0.3) is 0 Å². The van der Waals surface area contributed by atoms with Gasteiger partial charge in [0.1, 0.15) is 5.76 Å². The molecule has 0 atom stereocenters. The molecule has 8 nitrogen and oxygen atoms in total. The molecule has 2 saturated heterocycles. The number of morpholine rings is 1. The minimum Gasteiger partial charge on any atom is -0.446 e. The number of aromatic nitrogens is 1. The van der Waals surface area contributed by atoms with E-state index in [4.69, 9.17) is 9.15 Å². The molecule has 0 radical (unpaired) electrons. The lowest BCUT2D eigenvalue weighted by atomic mass is 9.94. The van der Waals surface area contributed by atoms with Crippen molar-refractivity contribution in [2.24, 2.45) is 4.36 Å². The predicted octanol–water partition coefficient (Wildman–Crippen LogP) is 1.71. The van der Waals surface area contributed by atoms with Gasteiger partial charge < -0.3 is 14.1 Å². The number of amides is 2. The lowest BCUT2D eigenvalue weighted by Gasteiger charge is -2.45. The smallest absolute Gasteiger partial charge is 0.250 e. The van der Waals surface area contributed by atoms with Crippen molar-refractivity contribution in [3.8, 4) is 0 Å². The fourth-order valence-electron chi connectivity index (χ4n) is 3.67. The van der Waals surface area contributed by atoms with Crippen molar-refractivity contribution in [1.29, 1.82) is 0 Å². The molecule has 150 valence electrons. The van der Waals surface area contributed by atoms with E-state index in [1.807, 2.05) is 11.8 Å². The van der Waals surface area contributed by atoms with E-state index in [0.29, 0.717) is 69.2 Å². The molecule has 2 amide bonds. The molecule has 9 heteroatoms. The van der Waals surface area contributed by atoms with Crippen LogP contribution in [0.4, 0.5) is 0 Å². The largest absolute Gasteiger partial charge is 0.446 e. The second kappa shape index (κ2) is 8.10. The van der Waals surface area contributed by atoms with Crippen LogP contribution in [-0.4, -0.2) is 62.7 Å². The van der Waals surface area contributed by atoms with E-state index < -0.39 is 21.2 Å². The zero-order chi connectivity index (χ0) is 19.5. The van der Waals surface area contributed by atoms with Gasteiger partial charge in [0.15, 0.2) is 5.89 Å².